The van der Waals surface area contributed by atoms with Crippen molar-refractivity contribution in [2.24, 2.45) is 0 Å². The minimum Gasteiger partial charge on any atom is -0.493 e. The number of carbonyl (C=O) groups is 3. The van der Waals surface area contributed by atoms with Crippen molar-refractivity contribution in [1.29, 1.82) is 0 Å². The van der Waals surface area contributed by atoms with Gasteiger partial charge < -0.3 is 19.5 Å². The van der Waals surface area contributed by atoms with Gasteiger partial charge in [-0.25, -0.2) is 0 Å². The fourth-order valence-electron chi connectivity index (χ4n) is 3.40. The van der Waals surface area contributed by atoms with Crippen LogP contribution >= 0.6 is 11.8 Å². The highest BCUT2D eigenvalue weighted by atomic mass is 32.2. The molecule has 3 amide bonds. The Labute approximate surface area is 189 Å². The predicted octanol–water partition coefficient (Wildman–Crippen LogP) is 4.11. The summed E-state index contributed by atoms with van der Waals surface area (Å²) in [4.78, 5) is 38.9. The maximum Gasteiger partial charge on any atom is 0.294 e. The molecule has 9 heteroatoms. The number of thioether (sulfide) groups is 1. The molecular formula is C23H22N2O6S. The minimum atomic E-state index is -0.532. The lowest BCUT2D eigenvalue weighted by atomic mass is 10.1. The normalized spacial score (nSPS) is 16.1. The molecule has 8 nitrogen and oxygen atoms in total. The number of benzene rings is 2. The summed E-state index contributed by atoms with van der Waals surface area (Å²) in [6.45, 7) is 5.84. The second-order valence-corrected chi connectivity index (χ2v) is 8.30. The van der Waals surface area contributed by atoms with Gasteiger partial charge in [0.25, 0.3) is 11.1 Å². The molecule has 0 bridgehead atoms. The Morgan fingerprint density at radius 3 is 2.66 bits per heavy atom. The fraction of sp³-hybridized carbons (Fsp3) is 0.261. The molecule has 2 aliphatic heterocycles. The summed E-state index contributed by atoms with van der Waals surface area (Å²) in [5.74, 6) is 0.624. The van der Waals surface area contributed by atoms with Crippen LogP contribution in [0.1, 0.15) is 23.6 Å². The summed E-state index contributed by atoms with van der Waals surface area (Å²) in [7, 11) is 0. The number of imide groups is 1. The molecular weight excluding hydrogens is 432 g/mol. The first-order valence-electron chi connectivity index (χ1n) is 10.0. The van der Waals surface area contributed by atoms with Crippen LogP contribution in [0.5, 0.6) is 17.2 Å². The molecule has 1 saturated heterocycles. The van der Waals surface area contributed by atoms with Gasteiger partial charge in [0.05, 0.1) is 11.5 Å². The number of anilines is 1. The highest BCUT2D eigenvalue weighted by molar-refractivity contribution is 8.18. The maximum atomic E-state index is 12.9. The van der Waals surface area contributed by atoms with Gasteiger partial charge >= 0.3 is 0 Å². The highest BCUT2D eigenvalue weighted by Crippen LogP contribution is 2.41. The third-order valence-corrected chi connectivity index (χ3v) is 5.83. The smallest absolute Gasteiger partial charge is 0.294 e. The quantitative estimate of drug-likeness (QED) is 0.657. The van der Waals surface area contributed by atoms with Gasteiger partial charge in [0.15, 0.2) is 11.5 Å². The molecule has 32 heavy (non-hydrogen) atoms. The monoisotopic (exact) mass is 454 g/mol. The van der Waals surface area contributed by atoms with Gasteiger partial charge in [-0.2, -0.15) is 0 Å². The zero-order chi connectivity index (χ0) is 22.8. The SMILES string of the molecule is CCOc1cc2c(cc1/C=C1/SC(=O)N(CC(=O)Nc3ccc(C)cc3C)C1=O)OCO2. The number of hydrogen-bond donors (Lipinski definition) is 1. The van der Waals surface area contributed by atoms with Crippen LogP contribution in [0.15, 0.2) is 35.2 Å². The van der Waals surface area contributed by atoms with Crippen molar-refractivity contribution in [1.82, 2.24) is 4.90 Å². The number of hydrogen-bond acceptors (Lipinski definition) is 7. The summed E-state index contributed by atoms with van der Waals surface area (Å²) in [5.41, 5.74) is 3.20. The Morgan fingerprint density at radius 2 is 1.94 bits per heavy atom. The Morgan fingerprint density at radius 1 is 1.19 bits per heavy atom. The van der Waals surface area contributed by atoms with Crippen molar-refractivity contribution in [3.8, 4) is 17.2 Å². The lowest BCUT2D eigenvalue weighted by Crippen LogP contribution is -2.36. The van der Waals surface area contributed by atoms with Gasteiger partial charge in [-0.1, -0.05) is 17.7 Å². The van der Waals surface area contributed by atoms with E-state index in [0.717, 1.165) is 27.8 Å². The Balaban J connectivity index is 1.51. The van der Waals surface area contributed by atoms with E-state index < -0.39 is 17.1 Å². The van der Waals surface area contributed by atoms with Gasteiger partial charge in [0.1, 0.15) is 12.3 Å². The second-order valence-electron chi connectivity index (χ2n) is 7.31. The zero-order valence-corrected chi connectivity index (χ0v) is 18.7. The van der Waals surface area contributed by atoms with Crippen molar-refractivity contribution in [3.05, 3.63) is 51.9 Å². The van der Waals surface area contributed by atoms with Crippen LogP contribution in [0.2, 0.25) is 0 Å². The summed E-state index contributed by atoms with van der Waals surface area (Å²) in [6.07, 6.45) is 1.57. The van der Waals surface area contributed by atoms with Gasteiger partial charge in [0, 0.05) is 17.3 Å². The molecule has 166 valence electrons. The predicted molar refractivity (Wildman–Crippen MR) is 121 cm³/mol. The Hall–Kier alpha value is -3.46. The number of carbonyl (C=O) groups excluding carboxylic acids is 3. The van der Waals surface area contributed by atoms with E-state index in [9.17, 15) is 14.4 Å². The molecule has 1 fully saturated rings. The third-order valence-electron chi connectivity index (χ3n) is 4.92. The average Bonchev–Trinajstić information content (AvgIpc) is 3.30. The van der Waals surface area contributed by atoms with Crippen molar-refractivity contribution in [2.75, 3.05) is 25.3 Å². The number of rotatable bonds is 6. The molecule has 0 spiro atoms. The van der Waals surface area contributed by atoms with Gasteiger partial charge in [-0.15, -0.1) is 0 Å². The Bertz CT molecular complexity index is 1140. The number of nitrogens with zero attached hydrogens (tertiary/aromatic N) is 1. The minimum absolute atomic E-state index is 0.108. The van der Waals surface area contributed by atoms with Gasteiger partial charge in [-0.05, 0) is 56.3 Å². The highest BCUT2D eigenvalue weighted by Gasteiger charge is 2.36. The van der Waals surface area contributed by atoms with Crippen molar-refractivity contribution >= 4 is 40.6 Å². The van der Waals surface area contributed by atoms with E-state index in [2.05, 4.69) is 5.32 Å². The molecule has 0 unspecified atom stereocenters. The van der Waals surface area contributed by atoms with E-state index in [4.69, 9.17) is 14.2 Å². The molecule has 4 rings (SSSR count). The molecule has 1 N–H and O–H groups in total. The lowest BCUT2D eigenvalue weighted by Gasteiger charge is -2.14. The van der Waals surface area contributed by atoms with E-state index in [1.165, 1.54) is 0 Å². The maximum absolute atomic E-state index is 12.9. The van der Waals surface area contributed by atoms with Crippen LogP contribution < -0.4 is 19.5 Å². The Kier molecular flexibility index (Phi) is 6.09. The topological polar surface area (TPSA) is 94.2 Å². The molecule has 2 aromatic carbocycles. The molecule has 2 heterocycles. The van der Waals surface area contributed by atoms with Crippen LogP contribution in [0.3, 0.4) is 0 Å². The molecule has 0 aliphatic carbocycles. The first-order valence-corrected chi connectivity index (χ1v) is 10.9. The molecule has 2 aliphatic rings. The van der Waals surface area contributed by atoms with Crippen LogP contribution in [-0.2, 0) is 9.59 Å². The first kappa shape index (κ1) is 21.8. The number of ether oxygens (including phenoxy) is 3. The van der Waals surface area contributed by atoms with Crippen molar-refractivity contribution in [3.63, 3.8) is 0 Å². The number of aryl methyl sites for hydroxylation is 2. The molecule has 0 atom stereocenters. The van der Waals surface area contributed by atoms with Gasteiger partial charge in [-0.3, -0.25) is 19.3 Å². The van der Waals surface area contributed by atoms with Crippen molar-refractivity contribution in [2.45, 2.75) is 20.8 Å². The number of fused-ring (bicyclic) bond motifs is 1. The summed E-state index contributed by atoms with van der Waals surface area (Å²) < 4.78 is 16.4. The molecule has 0 aromatic heterocycles. The standard InChI is InChI=1S/C23H22N2O6S/c1-4-29-17-10-19-18(30-12-31-19)8-15(17)9-20-22(27)25(23(28)32-20)11-21(26)24-16-6-5-13(2)7-14(16)3/h5-10H,4,11-12H2,1-3H3,(H,24,26)/b20-9+. The van der Waals surface area contributed by atoms with Crippen LogP contribution in [-0.4, -0.2) is 41.9 Å². The molecule has 0 radical (unpaired) electrons. The summed E-state index contributed by atoms with van der Waals surface area (Å²) in [5, 5.41) is 2.26. The van der Waals surface area contributed by atoms with Crippen LogP contribution in [0, 0.1) is 13.8 Å². The van der Waals surface area contributed by atoms with E-state index >= 15 is 0 Å². The van der Waals surface area contributed by atoms with Crippen LogP contribution in [0.4, 0.5) is 10.5 Å². The van der Waals surface area contributed by atoms with E-state index in [1.807, 2.05) is 32.9 Å². The van der Waals surface area contributed by atoms with E-state index in [-0.39, 0.29) is 18.2 Å². The van der Waals surface area contributed by atoms with E-state index in [1.54, 1.807) is 24.3 Å². The third kappa shape index (κ3) is 4.43. The van der Waals surface area contributed by atoms with Gasteiger partial charge in [0.2, 0.25) is 12.7 Å². The summed E-state index contributed by atoms with van der Waals surface area (Å²) >= 11 is 0.781. The first-order chi connectivity index (χ1) is 15.4. The van der Waals surface area contributed by atoms with Crippen LogP contribution in [0.25, 0.3) is 6.08 Å². The second kappa shape index (κ2) is 8.96. The summed E-state index contributed by atoms with van der Waals surface area (Å²) in [6, 6.07) is 9.02. The van der Waals surface area contributed by atoms with Crippen molar-refractivity contribution < 1.29 is 28.6 Å². The molecule has 0 saturated carbocycles. The number of amides is 3. The molecule has 2 aromatic rings. The number of nitrogens with one attached hydrogen (secondary N) is 1. The zero-order valence-electron chi connectivity index (χ0n) is 17.9. The average molecular weight is 455 g/mol. The fourth-order valence-corrected chi connectivity index (χ4v) is 4.23. The largest absolute Gasteiger partial charge is 0.493 e. The van der Waals surface area contributed by atoms with E-state index in [0.29, 0.717) is 35.1 Å². The lowest BCUT2D eigenvalue weighted by molar-refractivity contribution is -0.127.